The minimum absolute atomic E-state index is 0.0259. The molecule has 29 heavy (non-hydrogen) atoms. The molecule has 2 rings (SSSR count). The van der Waals surface area contributed by atoms with Gasteiger partial charge < -0.3 is 14.2 Å². The lowest BCUT2D eigenvalue weighted by atomic mass is 9.87. The molecule has 0 heterocycles. The highest BCUT2D eigenvalue weighted by atomic mass is 19.4. The van der Waals surface area contributed by atoms with E-state index in [0.717, 1.165) is 12.1 Å². The molecule has 0 aliphatic heterocycles. The van der Waals surface area contributed by atoms with Crippen LogP contribution in [0.5, 0.6) is 5.75 Å². The van der Waals surface area contributed by atoms with Gasteiger partial charge in [0.15, 0.2) is 0 Å². The fourth-order valence-corrected chi connectivity index (χ4v) is 3.06. The molecule has 0 amide bonds. The number of benzene rings is 1. The first-order valence-corrected chi connectivity index (χ1v) is 9.07. The smallest absolute Gasteiger partial charge is 0.426 e. The van der Waals surface area contributed by atoms with E-state index in [0.29, 0.717) is 51.0 Å². The van der Waals surface area contributed by atoms with Gasteiger partial charge in [0.05, 0.1) is 25.2 Å². The zero-order valence-electron chi connectivity index (χ0n) is 15.7. The summed E-state index contributed by atoms with van der Waals surface area (Å²) in [7, 11) is 1.57. The summed E-state index contributed by atoms with van der Waals surface area (Å²) in [5.74, 6) is -5.80. The largest absolute Gasteiger partial charge is 0.426 e. The van der Waals surface area contributed by atoms with Crippen LogP contribution in [0.25, 0.3) is 0 Å². The van der Waals surface area contributed by atoms with Crippen LogP contribution in [0, 0.1) is 5.92 Å². The maximum absolute atomic E-state index is 13.7. The first-order valence-electron chi connectivity index (χ1n) is 9.07. The SMILES string of the molecule is COCCOC1CCC(C(=O)Oc2ccc(C(F)(F)C(F)C(F)(F)F)cc2)CC1. The molecule has 164 valence electrons. The van der Waals surface area contributed by atoms with E-state index in [1.54, 1.807) is 7.11 Å². The number of hydrogen-bond acceptors (Lipinski definition) is 4. The number of alkyl halides is 6. The second-order valence-corrected chi connectivity index (χ2v) is 6.81. The minimum Gasteiger partial charge on any atom is -0.426 e. The summed E-state index contributed by atoms with van der Waals surface area (Å²) in [4.78, 5) is 12.2. The van der Waals surface area contributed by atoms with Gasteiger partial charge in [-0.25, -0.2) is 4.39 Å². The lowest BCUT2D eigenvalue weighted by molar-refractivity contribution is -0.248. The third-order valence-corrected chi connectivity index (χ3v) is 4.71. The molecule has 0 N–H and O–H groups in total. The van der Waals surface area contributed by atoms with Crippen LogP contribution in [0.2, 0.25) is 0 Å². The Morgan fingerprint density at radius 2 is 1.62 bits per heavy atom. The van der Waals surface area contributed by atoms with Crippen molar-refractivity contribution >= 4 is 5.97 Å². The predicted molar refractivity (Wildman–Crippen MR) is 90.5 cm³/mol. The lowest BCUT2D eigenvalue weighted by Gasteiger charge is -2.27. The number of methoxy groups -OCH3 is 1. The second-order valence-electron chi connectivity index (χ2n) is 6.81. The molecule has 1 fully saturated rings. The second kappa shape index (κ2) is 9.80. The molecule has 1 aliphatic rings. The van der Waals surface area contributed by atoms with Gasteiger partial charge in [-0.2, -0.15) is 22.0 Å². The van der Waals surface area contributed by atoms with Gasteiger partial charge in [0.2, 0.25) is 0 Å². The van der Waals surface area contributed by atoms with Crippen LogP contribution in [-0.4, -0.2) is 44.7 Å². The molecule has 0 bridgehead atoms. The van der Waals surface area contributed by atoms with Crippen molar-refractivity contribution in [1.29, 1.82) is 0 Å². The van der Waals surface area contributed by atoms with E-state index in [4.69, 9.17) is 14.2 Å². The van der Waals surface area contributed by atoms with Crippen molar-refractivity contribution in [1.82, 2.24) is 0 Å². The van der Waals surface area contributed by atoms with E-state index in [1.807, 2.05) is 0 Å². The number of carbonyl (C=O) groups excluding carboxylic acids is 1. The van der Waals surface area contributed by atoms with Gasteiger partial charge in [-0.15, -0.1) is 0 Å². The molecule has 1 unspecified atom stereocenters. The van der Waals surface area contributed by atoms with Crippen LogP contribution < -0.4 is 4.74 Å². The highest BCUT2D eigenvalue weighted by Gasteiger charge is 2.57. The average Bonchev–Trinajstić information content (AvgIpc) is 2.68. The van der Waals surface area contributed by atoms with Crippen molar-refractivity contribution in [3.8, 4) is 5.75 Å². The Morgan fingerprint density at radius 1 is 1.03 bits per heavy atom. The Bertz CT molecular complexity index is 654. The van der Waals surface area contributed by atoms with Gasteiger partial charge in [0, 0.05) is 12.7 Å². The zero-order valence-corrected chi connectivity index (χ0v) is 15.7. The zero-order chi connectivity index (χ0) is 21.7. The van der Waals surface area contributed by atoms with Crippen molar-refractivity contribution in [2.24, 2.45) is 5.92 Å². The molecule has 0 saturated heterocycles. The molecule has 4 nitrogen and oxygen atoms in total. The summed E-state index contributed by atoms with van der Waals surface area (Å²) >= 11 is 0. The quantitative estimate of drug-likeness (QED) is 0.258. The van der Waals surface area contributed by atoms with E-state index in [2.05, 4.69) is 0 Å². The summed E-state index contributed by atoms with van der Waals surface area (Å²) in [5.41, 5.74) is -1.16. The first-order chi connectivity index (χ1) is 13.6. The highest BCUT2D eigenvalue weighted by molar-refractivity contribution is 5.75. The number of hydrogen-bond donors (Lipinski definition) is 0. The molecular formula is C19H22F6O4. The van der Waals surface area contributed by atoms with Crippen molar-refractivity contribution in [3.63, 3.8) is 0 Å². The lowest BCUT2D eigenvalue weighted by Crippen LogP contribution is -2.39. The standard InChI is InChI=1S/C19H22F6O4/c1-27-10-11-28-14-6-2-12(3-7-14)16(26)29-15-8-4-13(5-9-15)18(21,22)17(20)19(23,24)25/h4-5,8-9,12,14,17H,2-3,6-7,10-11H2,1H3. The molecule has 1 aromatic rings. The molecular weight excluding hydrogens is 406 g/mol. The van der Waals surface area contributed by atoms with Gasteiger partial charge in [-0.05, 0) is 49.9 Å². The van der Waals surface area contributed by atoms with E-state index in [9.17, 15) is 31.1 Å². The minimum atomic E-state index is -5.69. The molecule has 1 saturated carbocycles. The van der Waals surface area contributed by atoms with Gasteiger partial charge in [0.25, 0.3) is 6.17 Å². The summed E-state index contributed by atoms with van der Waals surface area (Å²) in [6.45, 7) is 0.935. The number of carbonyl (C=O) groups is 1. The van der Waals surface area contributed by atoms with Crippen LogP contribution in [0.3, 0.4) is 0 Å². The topological polar surface area (TPSA) is 44.8 Å². The summed E-state index contributed by atoms with van der Waals surface area (Å²) < 4.78 is 92.8. The highest BCUT2D eigenvalue weighted by Crippen LogP contribution is 2.42. The van der Waals surface area contributed by atoms with Crippen molar-refractivity contribution in [2.75, 3.05) is 20.3 Å². The maximum atomic E-state index is 13.7. The van der Waals surface area contributed by atoms with Gasteiger partial charge >= 0.3 is 18.1 Å². The maximum Gasteiger partial charge on any atom is 0.426 e. The molecule has 1 atom stereocenters. The summed E-state index contributed by atoms with van der Waals surface area (Å²) in [5, 5.41) is 0. The number of halogens is 6. The number of ether oxygens (including phenoxy) is 3. The van der Waals surface area contributed by atoms with Crippen LogP contribution in [-0.2, 0) is 20.2 Å². The van der Waals surface area contributed by atoms with Crippen molar-refractivity contribution in [2.45, 2.75) is 50.1 Å². The third kappa shape index (κ3) is 6.33. The number of esters is 1. The molecule has 0 spiro atoms. The molecule has 1 aromatic carbocycles. The first kappa shape index (κ1) is 23.5. The van der Waals surface area contributed by atoms with Gasteiger partial charge in [-0.3, -0.25) is 4.79 Å². The third-order valence-electron chi connectivity index (χ3n) is 4.71. The van der Waals surface area contributed by atoms with Crippen LogP contribution in [0.4, 0.5) is 26.3 Å². The normalized spacial score (nSPS) is 21.6. The Hall–Kier alpha value is -1.81. The fraction of sp³-hybridized carbons (Fsp3) is 0.632. The summed E-state index contributed by atoms with van der Waals surface area (Å²) in [6.07, 6.45) is -7.62. The van der Waals surface area contributed by atoms with Crippen LogP contribution in [0.1, 0.15) is 31.2 Å². The van der Waals surface area contributed by atoms with Crippen LogP contribution >= 0.6 is 0 Å². The van der Waals surface area contributed by atoms with E-state index >= 15 is 0 Å². The van der Waals surface area contributed by atoms with Gasteiger partial charge in [0.1, 0.15) is 5.75 Å². The number of rotatable bonds is 8. The Morgan fingerprint density at radius 3 is 2.14 bits per heavy atom. The molecule has 10 heteroatoms. The summed E-state index contributed by atoms with van der Waals surface area (Å²) in [6, 6.07) is 3.07. The molecule has 0 aromatic heterocycles. The Labute approximate surface area is 164 Å². The Balaban J connectivity index is 1.89. The van der Waals surface area contributed by atoms with Crippen molar-refractivity contribution < 1.29 is 45.3 Å². The Kier molecular flexibility index (Phi) is 7.93. The average molecular weight is 428 g/mol. The molecule has 0 radical (unpaired) electrons. The monoisotopic (exact) mass is 428 g/mol. The van der Waals surface area contributed by atoms with E-state index < -0.39 is 29.8 Å². The van der Waals surface area contributed by atoms with Crippen LogP contribution in [0.15, 0.2) is 24.3 Å². The van der Waals surface area contributed by atoms with Gasteiger partial charge in [-0.1, -0.05) is 0 Å². The molecule has 1 aliphatic carbocycles. The van der Waals surface area contributed by atoms with E-state index in [1.165, 1.54) is 0 Å². The van der Waals surface area contributed by atoms with Crippen molar-refractivity contribution in [3.05, 3.63) is 29.8 Å². The predicted octanol–water partition coefficient (Wildman–Crippen LogP) is 4.81. The van der Waals surface area contributed by atoms with E-state index in [-0.39, 0.29) is 17.8 Å². The fourth-order valence-electron chi connectivity index (χ4n) is 3.06.